The maximum atomic E-state index is 12.6. The molecule has 1 aromatic carbocycles. The number of hydrogen-bond acceptors (Lipinski definition) is 2. The third-order valence-electron chi connectivity index (χ3n) is 3.99. The van der Waals surface area contributed by atoms with Crippen LogP contribution in [0.15, 0.2) is 24.3 Å². The zero-order chi connectivity index (χ0) is 15.4. The van der Waals surface area contributed by atoms with Crippen molar-refractivity contribution in [3.05, 3.63) is 29.8 Å². The first-order chi connectivity index (χ1) is 10.0. The Morgan fingerprint density at radius 2 is 1.86 bits per heavy atom. The van der Waals surface area contributed by atoms with E-state index in [4.69, 9.17) is 0 Å². The first-order valence-electron chi connectivity index (χ1n) is 7.34. The fraction of sp³-hybridized carbons (Fsp3) is 0.500. The third-order valence-corrected chi connectivity index (χ3v) is 3.99. The molecule has 1 aliphatic rings. The Morgan fingerprint density at radius 3 is 2.48 bits per heavy atom. The van der Waals surface area contributed by atoms with E-state index in [1.54, 1.807) is 7.05 Å². The molecule has 0 radical (unpaired) electrons. The predicted octanol–water partition coefficient (Wildman–Crippen LogP) is 2.88. The van der Waals surface area contributed by atoms with Gasteiger partial charge in [-0.3, -0.25) is 4.90 Å². The number of carbonyl (C=O) groups is 2. The molecule has 21 heavy (non-hydrogen) atoms. The molecule has 2 amide bonds. The van der Waals surface area contributed by atoms with Crippen molar-refractivity contribution in [2.45, 2.75) is 38.6 Å². The molecule has 0 saturated carbocycles. The number of carbonyl (C=O) groups excluding carboxylic acids is 1. The van der Waals surface area contributed by atoms with Gasteiger partial charge in [-0.25, -0.2) is 9.59 Å². The molecule has 1 saturated heterocycles. The lowest BCUT2D eigenvalue weighted by Gasteiger charge is -2.31. The van der Waals surface area contributed by atoms with Crippen LogP contribution in [0.2, 0.25) is 0 Å². The van der Waals surface area contributed by atoms with E-state index in [2.05, 4.69) is 0 Å². The van der Waals surface area contributed by atoms with Crippen LogP contribution in [0.5, 0.6) is 0 Å². The highest BCUT2D eigenvalue weighted by atomic mass is 16.4. The minimum Gasteiger partial charge on any atom is -0.480 e. The fourth-order valence-electron chi connectivity index (χ4n) is 2.67. The molecule has 1 N–H and O–H groups in total. The summed E-state index contributed by atoms with van der Waals surface area (Å²) in [5, 5.41) is 9.36. The van der Waals surface area contributed by atoms with E-state index < -0.39 is 12.0 Å². The molecule has 0 bridgehead atoms. The zero-order valence-corrected chi connectivity index (χ0v) is 12.6. The lowest BCUT2D eigenvalue weighted by Crippen LogP contribution is -2.50. The maximum Gasteiger partial charge on any atom is 0.326 e. The van der Waals surface area contributed by atoms with Gasteiger partial charge in [0.2, 0.25) is 0 Å². The fourth-order valence-corrected chi connectivity index (χ4v) is 2.67. The second kappa shape index (κ2) is 6.61. The van der Waals surface area contributed by atoms with Crippen molar-refractivity contribution < 1.29 is 14.7 Å². The van der Waals surface area contributed by atoms with Crippen molar-refractivity contribution in [1.29, 1.82) is 0 Å². The van der Waals surface area contributed by atoms with E-state index in [1.165, 1.54) is 9.80 Å². The van der Waals surface area contributed by atoms with Gasteiger partial charge in [-0.15, -0.1) is 0 Å². The highest BCUT2D eigenvalue weighted by molar-refractivity contribution is 5.94. The van der Waals surface area contributed by atoms with Crippen LogP contribution in [0.1, 0.15) is 31.2 Å². The summed E-state index contributed by atoms with van der Waals surface area (Å²) in [6.07, 6.45) is 3.22. The number of likely N-dealkylation sites (tertiary alicyclic amines) is 1. The van der Waals surface area contributed by atoms with Crippen molar-refractivity contribution in [2.24, 2.45) is 0 Å². The van der Waals surface area contributed by atoms with E-state index >= 15 is 0 Å². The highest BCUT2D eigenvalue weighted by Crippen LogP contribution is 2.21. The van der Waals surface area contributed by atoms with Crippen molar-refractivity contribution in [2.75, 3.05) is 18.5 Å². The van der Waals surface area contributed by atoms with Crippen LogP contribution in [0.25, 0.3) is 0 Å². The number of hydrogen-bond donors (Lipinski definition) is 1. The van der Waals surface area contributed by atoms with Gasteiger partial charge in [0.05, 0.1) is 0 Å². The maximum absolute atomic E-state index is 12.6. The van der Waals surface area contributed by atoms with Gasteiger partial charge in [-0.2, -0.15) is 0 Å². The molecule has 1 atom stereocenters. The lowest BCUT2D eigenvalue weighted by molar-refractivity contribution is -0.142. The Morgan fingerprint density at radius 1 is 1.19 bits per heavy atom. The van der Waals surface area contributed by atoms with E-state index in [0.717, 1.165) is 30.5 Å². The molecule has 1 heterocycles. The minimum atomic E-state index is -0.914. The van der Waals surface area contributed by atoms with Crippen molar-refractivity contribution in [1.82, 2.24) is 4.90 Å². The second-order valence-corrected chi connectivity index (χ2v) is 5.57. The second-order valence-electron chi connectivity index (χ2n) is 5.57. The Balaban J connectivity index is 2.19. The Kier molecular flexibility index (Phi) is 4.83. The van der Waals surface area contributed by atoms with Crippen LogP contribution in [-0.2, 0) is 4.79 Å². The van der Waals surface area contributed by atoms with Crippen LogP contribution in [0.3, 0.4) is 0 Å². The number of aliphatic carboxylic acids is 1. The number of carboxylic acid groups (broad SMARTS) is 1. The van der Waals surface area contributed by atoms with Gasteiger partial charge in [0.15, 0.2) is 0 Å². The number of carboxylic acids is 1. The largest absolute Gasteiger partial charge is 0.480 e. The summed E-state index contributed by atoms with van der Waals surface area (Å²) >= 11 is 0. The van der Waals surface area contributed by atoms with Crippen LogP contribution in [0.4, 0.5) is 10.5 Å². The van der Waals surface area contributed by atoms with Crippen LogP contribution >= 0.6 is 0 Å². The molecule has 0 aromatic heterocycles. The average molecular weight is 290 g/mol. The van der Waals surface area contributed by atoms with Gasteiger partial charge in [-0.1, -0.05) is 30.5 Å². The Labute approximate surface area is 125 Å². The van der Waals surface area contributed by atoms with E-state index in [-0.39, 0.29) is 6.03 Å². The van der Waals surface area contributed by atoms with Gasteiger partial charge in [-0.05, 0) is 31.9 Å². The third kappa shape index (κ3) is 3.54. The molecule has 0 spiro atoms. The molecule has 1 aliphatic heterocycles. The van der Waals surface area contributed by atoms with Gasteiger partial charge >= 0.3 is 12.0 Å². The molecule has 114 valence electrons. The standard InChI is InChI=1S/C16H22N2O3/c1-12-7-9-13(10-8-12)17(2)16(21)18-11-5-3-4-6-14(18)15(19)20/h7-10,14H,3-6,11H2,1-2H3,(H,19,20). The summed E-state index contributed by atoms with van der Waals surface area (Å²) in [7, 11) is 1.69. The number of nitrogens with zero attached hydrogens (tertiary/aromatic N) is 2. The van der Waals surface area contributed by atoms with Crippen molar-refractivity contribution in [3.63, 3.8) is 0 Å². The Hall–Kier alpha value is -2.04. The molecule has 1 unspecified atom stereocenters. The van der Waals surface area contributed by atoms with Gasteiger partial charge in [0.25, 0.3) is 0 Å². The topological polar surface area (TPSA) is 60.9 Å². The first-order valence-corrected chi connectivity index (χ1v) is 7.34. The molecule has 1 fully saturated rings. The summed E-state index contributed by atoms with van der Waals surface area (Å²) in [5.74, 6) is -0.914. The SMILES string of the molecule is Cc1ccc(N(C)C(=O)N2CCCCCC2C(=O)O)cc1. The van der Waals surface area contributed by atoms with Crippen LogP contribution < -0.4 is 4.90 Å². The molecule has 5 heteroatoms. The molecule has 0 aliphatic carbocycles. The summed E-state index contributed by atoms with van der Waals surface area (Å²) in [4.78, 5) is 27.1. The number of aryl methyl sites for hydroxylation is 1. The van der Waals surface area contributed by atoms with E-state index in [9.17, 15) is 14.7 Å². The van der Waals surface area contributed by atoms with Gasteiger partial charge in [0, 0.05) is 19.3 Å². The van der Waals surface area contributed by atoms with Gasteiger partial charge < -0.3 is 10.0 Å². The quantitative estimate of drug-likeness (QED) is 0.911. The number of benzene rings is 1. The Bertz CT molecular complexity index is 513. The monoisotopic (exact) mass is 290 g/mol. The molecule has 2 rings (SSSR count). The molecular formula is C16H22N2O3. The number of amides is 2. The zero-order valence-electron chi connectivity index (χ0n) is 12.6. The van der Waals surface area contributed by atoms with Crippen LogP contribution in [-0.4, -0.2) is 41.6 Å². The highest BCUT2D eigenvalue weighted by Gasteiger charge is 2.32. The smallest absolute Gasteiger partial charge is 0.326 e. The first kappa shape index (κ1) is 15.4. The van der Waals surface area contributed by atoms with Crippen molar-refractivity contribution in [3.8, 4) is 0 Å². The minimum absolute atomic E-state index is 0.242. The number of anilines is 1. The van der Waals surface area contributed by atoms with Crippen molar-refractivity contribution >= 4 is 17.7 Å². The summed E-state index contributed by atoms with van der Waals surface area (Å²) in [6.45, 7) is 2.49. The summed E-state index contributed by atoms with van der Waals surface area (Å²) < 4.78 is 0. The lowest BCUT2D eigenvalue weighted by atomic mass is 10.1. The molecule has 5 nitrogen and oxygen atoms in total. The van der Waals surface area contributed by atoms with E-state index in [1.807, 2.05) is 31.2 Å². The average Bonchev–Trinajstić information content (AvgIpc) is 2.72. The van der Waals surface area contributed by atoms with E-state index in [0.29, 0.717) is 13.0 Å². The molecule has 1 aromatic rings. The molecular weight excluding hydrogens is 268 g/mol. The summed E-state index contributed by atoms with van der Waals surface area (Å²) in [5.41, 5.74) is 1.90. The van der Waals surface area contributed by atoms with Gasteiger partial charge in [0.1, 0.15) is 6.04 Å². The van der Waals surface area contributed by atoms with Crippen LogP contribution in [0, 0.1) is 6.92 Å². The predicted molar refractivity (Wildman–Crippen MR) is 81.6 cm³/mol. The number of rotatable bonds is 2. The normalized spacial score (nSPS) is 19.0. The number of urea groups is 1. The summed E-state index contributed by atoms with van der Waals surface area (Å²) in [6, 6.07) is 6.68.